The molecule has 1 aromatic carbocycles. The zero-order chi connectivity index (χ0) is 12.3. The van der Waals surface area contributed by atoms with Gasteiger partial charge in [0.15, 0.2) is 0 Å². The molecule has 1 heterocycles. The van der Waals surface area contributed by atoms with Gasteiger partial charge in [0.1, 0.15) is 5.50 Å². The lowest BCUT2D eigenvalue weighted by molar-refractivity contribution is -0.123. The summed E-state index contributed by atoms with van der Waals surface area (Å²) in [6.45, 7) is 0. The first-order chi connectivity index (χ1) is 8.15. The Bertz CT molecular complexity index is 415. The molecule has 2 rings (SSSR count). The number of thioether (sulfide) groups is 1. The average Bonchev–Trinajstić information content (AvgIpc) is 2.27. The maximum Gasteiger partial charge on any atom is 0.224 e. The monoisotopic (exact) mass is 271 g/mol. The first-order valence-corrected chi connectivity index (χ1v) is 6.74. The largest absolute Gasteiger partial charge is 0.332 e. The van der Waals surface area contributed by atoms with Crippen molar-refractivity contribution in [2.75, 3.05) is 0 Å². The minimum Gasteiger partial charge on any atom is -0.332 e. The Morgan fingerprint density at radius 3 is 2.94 bits per heavy atom. The molecule has 2 unspecified atom stereocenters. The third kappa shape index (κ3) is 3.61. The van der Waals surface area contributed by atoms with E-state index in [0.29, 0.717) is 6.42 Å². The molecule has 0 bridgehead atoms. The van der Waals surface area contributed by atoms with Crippen molar-refractivity contribution in [3.63, 3.8) is 0 Å². The molecule has 17 heavy (non-hydrogen) atoms. The van der Waals surface area contributed by atoms with E-state index in [1.807, 2.05) is 24.3 Å². The van der Waals surface area contributed by atoms with Crippen LogP contribution in [0.15, 0.2) is 24.3 Å². The highest BCUT2D eigenvalue weighted by Crippen LogP contribution is 2.22. The van der Waals surface area contributed by atoms with Crippen molar-refractivity contribution in [1.29, 1.82) is 0 Å². The number of nitrogens with one attached hydrogen (secondary N) is 2. The molecular formula is C11H14ClN3OS. The number of halogens is 1. The van der Waals surface area contributed by atoms with Gasteiger partial charge in [-0.25, -0.2) is 0 Å². The molecule has 0 aromatic heterocycles. The number of carbonyl (C=O) groups is 1. The van der Waals surface area contributed by atoms with Crippen LogP contribution in [0, 0.1) is 0 Å². The standard InChI is InChI=1S/C11H14ClN3OS/c12-8-4-2-1-3-7(8)6-17-11-14-9(13)5-10(16)15-11/h1-4,9,11,14H,5-6,13H2,(H,15,16). The number of hydrogen-bond acceptors (Lipinski definition) is 4. The summed E-state index contributed by atoms with van der Waals surface area (Å²) in [5.41, 5.74) is 6.60. The van der Waals surface area contributed by atoms with Gasteiger partial charge < -0.3 is 11.1 Å². The summed E-state index contributed by atoms with van der Waals surface area (Å²) < 4.78 is 0. The average molecular weight is 272 g/mol. The van der Waals surface area contributed by atoms with Gasteiger partial charge in [-0.15, -0.1) is 11.8 Å². The Kier molecular flexibility index (Phi) is 4.28. The second-order valence-corrected chi connectivity index (χ2v) is 5.33. The van der Waals surface area contributed by atoms with Gasteiger partial charge in [0, 0.05) is 10.8 Å². The summed E-state index contributed by atoms with van der Waals surface area (Å²) in [7, 11) is 0. The molecule has 4 N–H and O–H groups in total. The summed E-state index contributed by atoms with van der Waals surface area (Å²) in [5.74, 6) is 0.706. The number of nitrogens with two attached hydrogens (primary N) is 1. The highest BCUT2D eigenvalue weighted by molar-refractivity contribution is 7.99. The molecule has 1 aromatic rings. The fourth-order valence-electron chi connectivity index (χ4n) is 1.58. The molecule has 92 valence electrons. The molecule has 0 spiro atoms. The zero-order valence-corrected chi connectivity index (χ0v) is 10.7. The smallest absolute Gasteiger partial charge is 0.224 e. The van der Waals surface area contributed by atoms with Crippen LogP contribution < -0.4 is 16.4 Å². The van der Waals surface area contributed by atoms with E-state index in [1.54, 1.807) is 11.8 Å². The summed E-state index contributed by atoms with van der Waals surface area (Å²) in [5, 5.41) is 6.67. The fourth-order valence-corrected chi connectivity index (χ4v) is 2.94. The van der Waals surface area contributed by atoms with Crippen LogP contribution in [0.3, 0.4) is 0 Å². The Hall–Kier alpha value is -0.750. The van der Waals surface area contributed by atoms with E-state index in [-0.39, 0.29) is 17.6 Å². The molecule has 1 saturated heterocycles. The van der Waals surface area contributed by atoms with Crippen LogP contribution in [0.5, 0.6) is 0 Å². The van der Waals surface area contributed by atoms with Crippen molar-refractivity contribution < 1.29 is 4.79 Å². The normalized spacial score (nSPS) is 24.5. The Labute approximate surface area is 109 Å². The highest BCUT2D eigenvalue weighted by atomic mass is 35.5. The van der Waals surface area contributed by atoms with Gasteiger partial charge in [0.25, 0.3) is 0 Å². The maximum atomic E-state index is 11.3. The van der Waals surface area contributed by atoms with Gasteiger partial charge in [0.2, 0.25) is 5.91 Å². The molecular weight excluding hydrogens is 258 g/mol. The third-order valence-electron chi connectivity index (χ3n) is 2.43. The molecule has 0 saturated carbocycles. The molecule has 1 aliphatic rings. The number of rotatable bonds is 3. The van der Waals surface area contributed by atoms with Crippen molar-refractivity contribution in [1.82, 2.24) is 10.6 Å². The summed E-state index contributed by atoms with van der Waals surface area (Å²) in [6, 6.07) is 7.67. The number of carbonyl (C=O) groups excluding carboxylic acids is 1. The number of hydrogen-bond donors (Lipinski definition) is 3. The van der Waals surface area contributed by atoms with Crippen LogP contribution in [0.1, 0.15) is 12.0 Å². The van der Waals surface area contributed by atoms with Crippen LogP contribution in [0.25, 0.3) is 0 Å². The molecule has 2 atom stereocenters. The van der Waals surface area contributed by atoms with Crippen molar-refractivity contribution >= 4 is 29.3 Å². The molecule has 6 heteroatoms. The first-order valence-electron chi connectivity index (χ1n) is 5.31. The minimum atomic E-state index is -0.271. The number of benzene rings is 1. The molecule has 1 aliphatic heterocycles. The molecule has 0 radical (unpaired) electrons. The van der Waals surface area contributed by atoms with E-state index in [9.17, 15) is 4.79 Å². The van der Waals surface area contributed by atoms with Gasteiger partial charge in [-0.05, 0) is 11.6 Å². The lowest BCUT2D eigenvalue weighted by Gasteiger charge is -2.28. The molecule has 1 amide bonds. The molecule has 4 nitrogen and oxygen atoms in total. The lowest BCUT2D eigenvalue weighted by atomic mass is 10.2. The Balaban J connectivity index is 1.90. The first kappa shape index (κ1) is 12.7. The van der Waals surface area contributed by atoms with Crippen molar-refractivity contribution in [3.05, 3.63) is 34.9 Å². The van der Waals surface area contributed by atoms with Gasteiger partial charge in [0.05, 0.1) is 12.6 Å². The van der Waals surface area contributed by atoms with Crippen LogP contribution in [-0.4, -0.2) is 17.6 Å². The third-order valence-corrected chi connectivity index (χ3v) is 3.86. The second-order valence-electron chi connectivity index (χ2n) is 3.83. The summed E-state index contributed by atoms with van der Waals surface area (Å²) >= 11 is 7.62. The van der Waals surface area contributed by atoms with E-state index >= 15 is 0 Å². The topological polar surface area (TPSA) is 67.2 Å². The SMILES string of the molecule is NC1CC(=O)NC(SCc2ccccc2Cl)N1. The van der Waals surface area contributed by atoms with Crippen molar-refractivity contribution in [2.45, 2.75) is 23.8 Å². The fraction of sp³-hybridized carbons (Fsp3) is 0.364. The highest BCUT2D eigenvalue weighted by Gasteiger charge is 2.23. The van der Waals surface area contributed by atoms with Crippen molar-refractivity contribution in [2.24, 2.45) is 5.73 Å². The Morgan fingerprint density at radius 2 is 2.24 bits per heavy atom. The maximum absolute atomic E-state index is 11.3. The predicted octanol–water partition coefficient (Wildman–Crippen LogP) is 1.25. The van der Waals surface area contributed by atoms with E-state index in [4.69, 9.17) is 17.3 Å². The summed E-state index contributed by atoms with van der Waals surface area (Å²) in [6.07, 6.45) is 0.0517. The quantitative estimate of drug-likeness (QED) is 0.774. The van der Waals surface area contributed by atoms with Crippen LogP contribution in [-0.2, 0) is 10.5 Å². The van der Waals surface area contributed by atoms with Crippen LogP contribution >= 0.6 is 23.4 Å². The van der Waals surface area contributed by atoms with E-state index in [2.05, 4.69) is 10.6 Å². The minimum absolute atomic E-state index is 0.0205. The van der Waals surface area contributed by atoms with Gasteiger partial charge in [-0.2, -0.15) is 0 Å². The Morgan fingerprint density at radius 1 is 1.47 bits per heavy atom. The predicted molar refractivity (Wildman–Crippen MR) is 70.4 cm³/mol. The van der Waals surface area contributed by atoms with Crippen LogP contribution in [0.2, 0.25) is 5.02 Å². The van der Waals surface area contributed by atoms with Crippen molar-refractivity contribution in [3.8, 4) is 0 Å². The van der Waals surface area contributed by atoms with E-state index in [1.165, 1.54) is 0 Å². The van der Waals surface area contributed by atoms with E-state index < -0.39 is 0 Å². The van der Waals surface area contributed by atoms with Gasteiger partial charge in [-0.3, -0.25) is 10.1 Å². The molecule has 0 aliphatic carbocycles. The number of amides is 1. The summed E-state index contributed by atoms with van der Waals surface area (Å²) in [4.78, 5) is 11.3. The molecule has 1 fully saturated rings. The van der Waals surface area contributed by atoms with Gasteiger partial charge >= 0.3 is 0 Å². The zero-order valence-electron chi connectivity index (χ0n) is 9.15. The lowest BCUT2D eigenvalue weighted by Crippen LogP contribution is -2.57. The van der Waals surface area contributed by atoms with E-state index in [0.717, 1.165) is 16.3 Å². The second kappa shape index (κ2) is 5.73. The van der Waals surface area contributed by atoms with Crippen LogP contribution in [0.4, 0.5) is 0 Å². The van der Waals surface area contributed by atoms with Gasteiger partial charge in [-0.1, -0.05) is 29.8 Å².